The van der Waals surface area contributed by atoms with E-state index in [1.807, 2.05) is 6.92 Å². The molecule has 0 heterocycles. The lowest BCUT2D eigenvalue weighted by atomic mass is 9.74. The summed E-state index contributed by atoms with van der Waals surface area (Å²) >= 11 is 0. The molecule has 1 aromatic rings. The zero-order chi connectivity index (χ0) is 16.2. The zero-order valence-corrected chi connectivity index (χ0v) is 12.7. The number of halogens is 1. The molecular weight excluding hydrogens is 285 g/mol. The fraction of sp³-hybridized carbons (Fsp3) is 0.500. The average Bonchev–Trinajstić information content (AvgIpc) is 2.44. The van der Waals surface area contributed by atoms with Gasteiger partial charge in [-0.1, -0.05) is 18.9 Å². The number of hydrogen-bond acceptors (Lipinski definition) is 3. The highest BCUT2D eigenvalue weighted by Gasteiger charge is 2.37. The summed E-state index contributed by atoms with van der Waals surface area (Å²) in [4.78, 5) is 24.0. The maximum Gasteiger partial charge on any atom is 0.243 e. The second-order valence-corrected chi connectivity index (χ2v) is 6.08. The standard InChI is InChI=1S/C16H22FN3O2/c1-16(18)8-3-2-7-13(16)15(22)19-10-14(21)20-12-6-4-5-11(17)9-12/h4-6,9,13H,2-3,7-8,10,18H2,1H3,(H,19,22)(H,20,21). The summed E-state index contributed by atoms with van der Waals surface area (Å²) in [7, 11) is 0. The van der Waals surface area contributed by atoms with Crippen LogP contribution in [0.15, 0.2) is 24.3 Å². The van der Waals surface area contributed by atoms with Crippen LogP contribution in [0.4, 0.5) is 10.1 Å². The third-order valence-corrected chi connectivity index (χ3v) is 4.10. The van der Waals surface area contributed by atoms with Crippen molar-refractivity contribution in [1.29, 1.82) is 0 Å². The molecule has 2 amide bonds. The lowest BCUT2D eigenvalue weighted by Gasteiger charge is -2.37. The van der Waals surface area contributed by atoms with Crippen LogP contribution >= 0.6 is 0 Å². The Bertz CT molecular complexity index is 560. The molecular formula is C16H22FN3O2. The Morgan fingerprint density at radius 3 is 2.86 bits per heavy atom. The smallest absolute Gasteiger partial charge is 0.243 e. The third-order valence-electron chi connectivity index (χ3n) is 4.10. The largest absolute Gasteiger partial charge is 0.347 e. The number of amides is 2. The average molecular weight is 307 g/mol. The highest BCUT2D eigenvalue weighted by molar-refractivity contribution is 5.94. The normalized spacial score (nSPS) is 24.6. The van der Waals surface area contributed by atoms with Gasteiger partial charge in [-0.3, -0.25) is 9.59 Å². The van der Waals surface area contributed by atoms with Crippen molar-refractivity contribution >= 4 is 17.5 Å². The lowest BCUT2D eigenvalue weighted by molar-refractivity contribution is -0.130. The number of carbonyl (C=O) groups is 2. The molecule has 2 rings (SSSR count). The molecule has 0 aromatic heterocycles. The number of carbonyl (C=O) groups excluding carboxylic acids is 2. The molecule has 1 saturated carbocycles. The van der Waals surface area contributed by atoms with E-state index in [-0.39, 0.29) is 18.4 Å². The molecule has 120 valence electrons. The molecule has 0 spiro atoms. The quantitative estimate of drug-likeness (QED) is 0.793. The highest BCUT2D eigenvalue weighted by Crippen LogP contribution is 2.31. The van der Waals surface area contributed by atoms with Crippen LogP contribution in [0, 0.1) is 11.7 Å². The van der Waals surface area contributed by atoms with E-state index in [2.05, 4.69) is 10.6 Å². The minimum Gasteiger partial charge on any atom is -0.347 e. The second kappa shape index (κ2) is 6.87. The van der Waals surface area contributed by atoms with Gasteiger partial charge in [0.05, 0.1) is 12.5 Å². The van der Waals surface area contributed by atoms with Crippen LogP contribution in [0.3, 0.4) is 0 Å². The molecule has 4 N–H and O–H groups in total. The van der Waals surface area contributed by atoms with Gasteiger partial charge in [0.25, 0.3) is 0 Å². The van der Waals surface area contributed by atoms with Gasteiger partial charge in [-0.2, -0.15) is 0 Å². The van der Waals surface area contributed by atoms with E-state index >= 15 is 0 Å². The summed E-state index contributed by atoms with van der Waals surface area (Å²) in [5.41, 5.74) is 6.00. The van der Waals surface area contributed by atoms with Gasteiger partial charge in [-0.05, 0) is 38.0 Å². The van der Waals surface area contributed by atoms with Gasteiger partial charge in [-0.25, -0.2) is 4.39 Å². The molecule has 0 aliphatic heterocycles. The minimum atomic E-state index is -0.526. The maximum atomic E-state index is 13.0. The SMILES string of the molecule is CC1(N)CCCCC1C(=O)NCC(=O)Nc1cccc(F)c1. The van der Waals surface area contributed by atoms with Gasteiger partial charge >= 0.3 is 0 Å². The van der Waals surface area contributed by atoms with Crippen molar-refractivity contribution in [2.75, 3.05) is 11.9 Å². The summed E-state index contributed by atoms with van der Waals surface area (Å²) in [5, 5.41) is 5.15. The van der Waals surface area contributed by atoms with E-state index in [0.717, 1.165) is 25.7 Å². The molecule has 22 heavy (non-hydrogen) atoms. The van der Waals surface area contributed by atoms with Crippen LogP contribution in [0.1, 0.15) is 32.6 Å². The molecule has 1 aliphatic rings. The zero-order valence-electron chi connectivity index (χ0n) is 12.7. The van der Waals surface area contributed by atoms with E-state index in [4.69, 9.17) is 5.73 Å². The first kappa shape index (κ1) is 16.4. The molecule has 2 atom stereocenters. The number of nitrogens with one attached hydrogen (secondary N) is 2. The number of rotatable bonds is 4. The molecule has 0 saturated heterocycles. The van der Waals surface area contributed by atoms with Crippen molar-refractivity contribution < 1.29 is 14.0 Å². The van der Waals surface area contributed by atoms with Gasteiger partial charge in [0, 0.05) is 11.2 Å². The summed E-state index contributed by atoms with van der Waals surface area (Å²) in [6, 6.07) is 5.60. The van der Waals surface area contributed by atoms with Crippen molar-refractivity contribution in [2.24, 2.45) is 11.7 Å². The first-order valence-corrected chi connectivity index (χ1v) is 7.50. The molecule has 5 nitrogen and oxygen atoms in total. The molecule has 1 fully saturated rings. The van der Waals surface area contributed by atoms with Crippen molar-refractivity contribution in [1.82, 2.24) is 5.32 Å². The van der Waals surface area contributed by atoms with Crippen LogP contribution in [0.25, 0.3) is 0 Å². The Balaban J connectivity index is 1.84. The third kappa shape index (κ3) is 4.27. The van der Waals surface area contributed by atoms with E-state index in [0.29, 0.717) is 5.69 Å². The Hall–Kier alpha value is -1.95. The highest BCUT2D eigenvalue weighted by atomic mass is 19.1. The predicted octanol–water partition coefficient (Wildman–Crippen LogP) is 1.79. The Morgan fingerprint density at radius 1 is 1.41 bits per heavy atom. The van der Waals surface area contributed by atoms with Crippen LogP contribution < -0.4 is 16.4 Å². The van der Waals surface area contributed by atoms with Crippen LogP contribution in [-0.4, -0.2) is 23.9 Å². The van der Waals surface area contributed by atoms with Crippen LogP contribution in [0.2, 0.25) is 0 Å². The Kier molecular flexibility index (Phi) is 5.13. The van der Waals surface area contributed by atoms with Crippen molar-refractivity contribution in [3.05, 3.63) is 30.1 Å². The maximum absolute atomic E-state index is 13.0. The van der Waals surface area contributed by atoms with Gasteiger partial charge < -0.3 is 16.4 Å². The molecule has 6 heteroatoms. The summed E-state index contributed by atoms with van der Waals surface area (Å²) < 4.78 is 13.0. The van der Waals surface area contributed by atoms with Gasteiger partial charge in [0.2, 0.25) is 11.8 Å². The van der Waals surface area contributed by atoms with E-state index in [9.17, 15) is 14.0 Å². The first-order chi connectivity index (χ1) is 10.4. The summed E-state index contributed by atoms with van der Waals surface area (Å²) in [6.07, 6.45) is 3.54. The summed E-state index contributed by atoms with van der Waals surface area (Å²) in [6.45, 7) is 1.73. The number of anilines is 1. The van der Waals surface area contributed by atoms with Gasteiger partial charge in [0.15, 0.2) is 0 Å². The lowest BCUT2D eigenvalue weighted by Crippen LogP contribution is -2.53. The number of hydrogen-bond donors (Lipinski definition) is 3. The molecule has 2 unspecified atom stereocenters. The topological polar surface area (TPSA) is 84.2 Å². The van der Waals surface area contributed by atoms with Crippen molar-refractivity contribution in [3.63, 3.8) is 0 Å². The molecule has 1 aromatic carbocycles. The van der Waals surface area contributed by atoms with Gasteiger partial charge in [0.1, 0.15) is 5.82 Å². The van der Waals surface area contributed by atoms with E-state index in [1.54, 1.807) is 6.07 Å². The minimum absolute atomic E-state index is 0.151. The van der Waals surface area contributed by atoms with Crippen molar-refractivity contribution in [3.8, 4) is 0 Å². The number of nitrogens with two attached hydrogens (primary N) is 1. The monoisotopic (exact) mass is 307 g/mol. The van der Waals surface area contributed by atoms with E-state index < -0.39 is 17.3 Å². The fourth-order valence-corrected chi connectivity index (χ4v) is 2.85. The van der Waals surface area contributed by atoms with Crippen LogP contribution in [0.5, 0.6) is 0 Å². The predicted molar refractivity (Wildman–Crippen MR) is 82.6 cm³/mol. The second-order valence-electron chi connectivity index (χ2n) is 6.08. The molecule has 0 radical (unpaired) electrons. The Morgan fingerprint density at radius 2 is 2.18 bits per heavy atom. The molecule has 1 aliphatic carbocycles. The van der Waals surface area contributed by atoms with Gasteiger partial charge in [-0.15, -0.1) is 0 Å². The number of benzene rings is 1. The fourth-order valence-electron chi connectivity index (χ4n) is 2.85. The van der Waals surface area contributed by atoms with E-state index in [1.165, 1.54) is 18.2 Å². The van der Waals surface area contributed by atoms with Crippen molar-refractivity contribution in [2.45, 2.75) is 38.1 Å². The molecule has 0 bridgehead atoms. The Labute approximate surface area is 129 Å². The van der Waals surface area contributed by atoms with Crippen LogP contribution in [-0.2, 0) is 9.59 Å². The first-order valence-electron chi connectivity index (χ1n) is 7.50. The summed E-state index contributed by atoms with van der Waals surface area (Å²) in [5.74, 6) is -1.29.